The normalized spacial score (nSPS) is 14.7. The Labute approximate surface area is 292 Å². The molecule has 2 heterocycles. The summed E-state index contributed by atoms with van der Waals surface area (Å²) < 4.78 is 0. The van der Waals surface area contributed by atoms with Gasteiger partial charge in [0.1, 0.15) is 11.5 Å². The summed E-state index contributed by atoms with van der Waals surface area (Å²) in [7, 11) is 0. The molecule has 0 radical (unpaired) electrons. The number of carbonyl (C=O) groups excluding carboxylic acids is 4. The van der Waals surface area contributed by atoms with Crippen molar-refractivity contribution < 1.29 is 29.4 Å². The largest absolute Gasteiger partial charge is 0.508 e. The van der Waals surface area contributed by atoms with Crippen molar-refractivity contribution in [2.45, 2.75) is 92.6 Å². The predicted molar refractivity (Wildman–Crippen MR) is 194 cm³/mol. The summed E-state index contributed by atoms with van der Waals surface area (Å²) in [6.45, 7) is 17.4. The molecule has 0 fully saturated rings. The summed E-state index contributed by atoms with van der Waals surface area (Å²) in [4.78, 5) is 63.0. The van der Waals surface area contributed by atoms with Crippen LogP contribution in [0, 0.1) is 0 Å². The Balaban J connectivity index is 1.39. The molecule has 0 saturated heterocycles. The molecule has 0 aromatic heterocycles. The van der Waals surface area contributed by atoms with Gasteiger partial charge in [0.05, 0.1) is 11.4 Å². The first-order chi connectivity index (χ1) is 23.6. The van der Waals surface area contributed by atoms with Crippen LogP contribution in [0.2, 0.25) is 0 Å². The van der Waals surface area contributed by atoms with Gasteiger partial charge in [-0.25, -0.2) is 9.80 Å². The highest BCUT2D eigenvalue weighted by Gasteiger charge is 2.41. The molecule has 0 saturated carbocycles. The van der Waals surface area contributed by atoms with Gasteiger partial charge in [0.2, 0.25) is 0 Å². The van der Waals surface area contributed by atoms with Crippen molar-refractivity contribution >= 4 is 45.8 Å². The van der Waals surface area contributed by atoms with Crippen LogP contribution in [0.15, 0.2) is 60.7 Å². The third-order valence-corrected chi connectivity index (χ3v) is 9.90. The Morgan fingerprint density at radius 1 is 0.480 bits per heavy atom. The van der Waals surface area contributed by atoms with Gasteiger partial charge in [0.15, 0.2) is 0 Å². The highest BCUT2D eigenvalue weighted by Crippen LogP contribution is 2.41. The van der Waals surface area contributed by atoms with E-state index in [4.69, 9.17) is 0 Å². The van der Waals surface area contributed by atoms with E-state index >= 15 is 0 Å². The first-order valence-corrected chi connectivity index (χ1v) is 17.1. The topological polar surface area (TPSA) is 122 Å². The van der Waals surface area contributed by atoms with Crippen LogP contribution >= 0.6 is 0 Å². The van der Waals surface area contributed by atoms with Crippen LogP contribution in [-0.2, 0) is 13.1 Å². The summed E-state index contributed by atoms with van der Waals surface area (Å²) in [6.07, 6.45) is 0. The van der Waals surface area contributed by atoms with E-state index in [1.165, 1.54) is 48.5 Å². The van der Waals surface area contributed by atoms with Crippen LogP contribution < -0.4 is 9.80 Å². The summed E-state index contributed by atoms with van der Waals surface area (Å²) in [6, 6.07) is 16.3. The van der Waals surface area contributed by atoms with E-state index in [0.717, 1.165) is 9.80 Å². The number of nitrogens with zero attached hydrogens (tertiary/aromatic N) is 4. The van der Waals surface area contributed by atoms with Gasteiger partial charge in [-0.3, -0.25) is 29.0 Å². The molecule has 0 atom stereocenters. The third-order valence-electron chi connectivity index (χ3n) is 9.90. The van der Waals surface area contributed by atoms with Crippen LogP contribution in [0.3, 0.4) is 0 Å². The Hall–Kier alpha value is -5.06. The molecule has 4 aromatic carbocycles. The minimum absolute atomic E-state index is 0.0652. The molecule has 10 heteroatoms. The molecule has 50 heavy (non-hydrogen) atoms. The maximum Gasteiger partial charge on any atom is 0.265 e. The number of hydrogen-bond donors (Lipinski definition) is 2. The van der Waals surface area contributed by atoms with Crippen LogP contribution in [0.5, 0.6) is 11.5 Å². The van der Waals surface area contributed by atoms with Gasteiger partial charge in [-0.05, 0) is 116 Å². The lowest BCUT2D eigenvalue weighted by atomic mass is 9.85. The Morgan fingerprint density at radius 2 is 0.760 bits per heavy atom. The zero-order chi connectivity index (χ0) is 36.3. The lowest BCUT2D eigenvalue weighted by Crippen LogP contribution is -2.43. The standard InChI is InChI=1S/C40H44N4O6/c1-21(2)41(22(3)4)19-25-17-27(9-15-33(25)45)43-37(47)29-11-13-31-36-32(14-12-30(35(29)36)38(43)48)40(50)44(39(31)49)28-10-16-34(46)26(18-28)20-42(23(5)6)24(7)8/h9-18,21-24,45-46H,19-20H2,1-8H3. The van der Waals surface area contributed by atoms with Gasteiger partial charge in [0.25, 0.3) is 23.6 Å². The highest BCUT2D eigenvalue weighted by atomic mass is 16.3. The number of phenolic OH excluding ortho intramolecular Hbond substituents is 2. The molecule has 2 aliphatic rings. The molecule has 2 N–H and O–H groups in total. The number of carbonyl (C=O) groups is 4. The molecule has 2 aliphatic heterocycles. The third kappa shape index (κ3) is 5.72. The Kier molecular flexibility index (Phi) is 9.05. The zero-order valence-corrected chi connectivity index (χ0v) is 29.8. The fraction of sp³-hybridized carbons (Fsp3) is 0.350. The molecule has 0 spiro atoms. The fourth-order valence-electron chi connectivity index (χ4n) is 7.34. The number of phenols is 2. The summed E-state index contributed by atoms with van der Waals surface area (Å²) in [5.74, 6) is -2.21. The Morgan fingerprint density at radius 3 is 1.02 bits per heavy atom. The molecular formula is C40H44N4O6. The first kappa shape index (κ1) is 34.8. The molecular weight excluding hydrogens is 632 g/mol. The van der Waals surface area contributed by atoms with E-state index in [1.807, 2.05) is 0 Å². The van der Waals surface area contributed by atoms with Crippen molar-refractivity contribution in [3.63, 3.8) is 0 Å². The van der Waals surface area contributed by atoms with Crippen LogP contribution in [0.1, 0.15) is 108 Å². The summed E-state index contributed by atoms with van der Waals surface area (Å²) in [5, 5.41) is 22.0. The maximum atomic E-state index is 14.1. The minimum Gasteiger partial charge on any atom is -0.508 e. The van der Waals surface area contributed by atoms with Crippen LogP contribution in [-0.4, -0.2) is 67.8 Å². The van der Waals surface area contributed by atoms with Gasteiger partial charge >= 0.3 is 0 Å². The number of benzene rings is 4. The number of aromatic hydroxyl groups is 2. The highest BCUT2D eigenvalue weighted by molar-refractivity contribution is 6.42. The fourth-order valence-corrected chi connectivity index (χ4v) is 7.34. The van der Waals surface area contributed by atoms with E-state index in [1.54, 1.807) is 12.1 Å². The van der Waals surface area contributed by atoms with Gasteiger partial charge in [0, 0.05) is 81.4 Å². The number of hydrogen-bond acceptors (Lipinski definition) is 8. The second kappa shape index (κ2) is 13.0. The minimum atomic E-state index is -0.585. The summed E-state index contributed by atoms with van der Waals surface area (Å²) >= 11 is 0. The predicted octanol–water partition coefficient (Wildman–Crippen LogP) is 7.09. The molecule has 10 nitrogen and oxygen atoms in total. The van der Waals surface area contributed by atoms with Crippen molar-refractivity contribution in [2.24, 2.45) is 0 Å². The average molecular weight is 677 g/mol. The lowest BCUT2D eigenvalue weighted by Gasteiger charge is -2.33. The molecule has 0 aliphatic carbocycles. The van der Waals surface area contributed by atoms with Crippen LogP contribution in [0.4, 0.5) is 11.4 Å². The smallest absolute Gasteiger partial charge is 0.265 e. The molecule has 0 unspecified atom stereocenters. The van der Waals surface area contributed by atoms with Crippen LogP contribution in [0.25, 0.3) is 10.8 Å². The van der Waals surface area contributed by atoms with E-state index in [-0.39, 0.29) is 68.7 Å². The molecule has 0 bridgehead atoms. The molecule has 4 aromatic rings. The summed E-state index contributed by atoms with van der Waals surface area (Å²) in [5.41, 5.74) is 2.58. The van der Waals surface area contributed by atoms with Crippen molar-refractivity contribution in [3.05, 3.63) is 94.0 Å². The van der Waals surface area contributed by atoms with Gasteiger partial charge < -0.3 is 10.2 Å². The van der Waals surface area contributed by atoms with E-state index in [2.05, 4.69) is 65.2 Å². The van der Waals surface area contributed by atoms with Crippen molar-refractivity contribution in [2.75, 3.05) is 9.80 Å². The number of anilines is 2. The maximum absolute atomic E-state index is 14.1. The van der Waals surface area contributed by atoms with E-state index in [9.17, 15) is 29.4 Å². The molecule has 6 rings (SSSR count). The number of rotatable bonds is 10. The quantitative estimate of drug-likeness (QED) is 0.171. The lowest BCUT2D eigenvalue weighted by molar-refractivity contribution is 0.0873. The Bertz CT molecular complexity index is 1830. The second-order valence-electron chi connectivity index (χ2n) is 14.3. The van der Waals surface area contributed by atoms with Crippen molar-refractivity contribution in [1.82, 2.24) is 9.80 Å². The molecule has 4 amide bonds. The number of imide groups is 2. The van der Waals surface area contributed by atoms with Crippen molar-refractivity contribution in [3.8, 4) is 11.5 Å². The zero-order valence-electron chi connectivity index (χ0n) is 29.8. The van der Waals surface area contributed by atoms with Gasteiger partial charge in [-0.15, -0.1) is 0 Å². The SMILES string of the molecule is CC(C)N(Cc1cc(N2C(=O)c3ccc4c5c(ccc(c35)C2=O)C(=O)N(c2ccc(O)c(CN(C(C)C)C(C)C)c2)C4=O)ccc1O)C(C)C. The van der Waals surface area contributed by atoms with Gasteiger partial charge in [-0.1, -0.05) is 0 Å². The molecule has 260 valence electrons. The van der Waals surface area contributed by atoms with Crippen molar-refractivity contribution in [1.29, 1.82) is 0 Å². The monoisotopic (exact) mass is 676 g/mol. The number of amides is 4. The van der Waals surface area contributed by atoms with E-state index < -0.39 is 23.6 Å². The van der Waals surface area contributed by atoms with Gasteiger partial charge in [-0.2, -0.15) is 0 Å². The second-order valence-corrected chi connectivity index (χ2v) is 14.3. The average Bonchev–Trinajstić information content (AvgIpc) is 3.05. The van der Waals surface area contributed by atoms with E-state index in [0.29, 0.717) is 35.6 Å². The first-order valence-electron chi connectivity index (χ1n) is 17.1.